The average Bonchev–Trinajstić information content (AvgIpc) is 2.48. The van der Waals surface area contributed by atoms with Crippen LogP contribution in [0.25, 0.3) is 0 Å². The number of nitrogens with zero attached hydrogens (tertiary/aromatic N) is 2. The highest BCUT2D eigenvalue weighted by atomic mass is 16.6. The van der Waals surface area contributed by atoms with Crippen molar-refractivity contribution in [2.75, 3.05) is 6.54 Å². The van der Waals surface area contributed by atoms with Crippen molar-refractivity contribution in [2.24, 2.45) is 0 Å². The molecule has 6 nitrogen and oxygen atoms in total. The van der Waals surface area contributed by atoms with Crippen LogP contribution in [0.2, 0.25) is 0 Å². The third kappa shape index (κ3) is 3.11. The molecule has 2 rings (SSSR count). The van der Waals surface area contributed by atoms with Crippen LogP contribution in [0.1, 0.15) is 52.9 Å². The highest BCUT2D eigenvalue weighted by Gasteiger charge is 2.42. The van der Waals surface area contributed by atoms with Gasteiger partial charge in [-0.05, 0) is 40.0 Å². The number of ether oxygens (including phenoxy) is 1. The number of amides is 2. The maximum Gasteiger partial charge on any atom is 0.331 e. The smallest absolute Gasteiger partial charge is 0.331 e. The molecule has 0 N–H and O–H groups in total. The molecule has 0 aromatic rings. The highest BCUT2D eigenvalue weighted by Crippen LogP contribution is 2.26. The van der Waals surface area contributed by atoms with Crippen LogP contribution in [0.4, 0.5) is 0 Å². The minimum Gasteiger partial charge on any atom is -0.458 e. The lowest BCUT2D eigenvalue weighted by atomic mass is 10.1. The molecule has 0 spiro atoms. The first-order chi connectivity index (χ1) is 9.29. The largest absolute Gasteiger partial charge is 0.458 e. The maximum absolute atomic E-state index is 12.3. The minimum atomic E-state index is -0.669. The average molecular weight is 282 g/mol. The summed E-state index contributed by atoms with van der Waals surface area (Å²) in [5.74, 6) is -0.666. The van der Waals surface area contributed by atoms with Crippen LogP contribution < -0.4 is 0 Å². The summed E-state index contributed by atoms with van der Waals surface area (Å²) in [5.41, 5.74) is -0.599. The number of hydrogen-bond acceptors (Lipinski definition) is 4. The molecule has 2 amide bonds. The number of esters is 1. The van der Waals surface area contributed by atoms with Gasteiger partial charge in [-0.3, -0.25) is 14.6 Å². The molecule has 0 aliphatic carbocycles. The van der Waals surface area contributed by atoms with E-state index in [2.05, 4.69) is 0 Å². The molecule has 2 aliphatic heterocycles. The van der Waals surface area contributed by atoms with Gasteiger partial charge in [-0.1, -0.05) is 0 Å². The van der Waals surface area contributed by atoms with Gasteiger partial charge in [0.05, 0.1) is 0 Å². The molecule has 2 heterocycles. The predicted octanol–water partition coefficient (Wildman–Crippen LogP) is 1.25. The van der Waals surface area contributed by atoms with E-state index in [-0.39, 0.29) is 11.8 Å². The summed E-state index contributed by atoms with van der Waals surface area (Å²) in [6.45, 7) is 5.88. The van der Waals surface area contributed by atoms with Crippen LogP contribution >= 0.6 is 0 Å². The fourth-order valence-electron chi connectivity index (χ4n) is 2.61. The Bertz CT molecular complexity index is 427. The summed E-state index contributed by atoms with van der Waals surface area (Å²) in [6, 6.07) is -0.669. The van der Waals surface area contributed by atoms with Crippen molar-refractivity contribution in [3.8, 4) is 0 Å². The number of hydrogen-bond donors (Lipinski definition) is 0. The fourth-order valence-corrected chi connectivity index (χ4v) is 2.61. The zero-order valence-electron chi connectivity index (χ0n) is 12.3. The van der Waals surface area contributed by atoms with Crippen molar-refractivity contribution >= 4 is 17.8 Å². The number of hydrazine groups is 1. The van der Waals surface area contributed by atoms with Gasteiger partial charge in [0.2, 0.25) is 11.8 Å². The van der Waals surface area contributed by atoms with Gasteiger partial charge >= 0.3 is 5.97 Å². The van der Waals surface area contributed by atoms with E-state index in [0.717, 1.165) is 0 Å². The first-order valence-corrected chi connectivity index (χ1v) is 7.15. The molecule has 0 radical (unpaired) electrons. The van der Waals surface area contributed by atoms with E-state index in [1.165, 1.54) is 10.0 Å². The number of rotatable bonds is 1. The quantitative estimate of drug-likeness (QED) is 0.679. The van der Waals surface area contributed by atoms with Gasteiger partial charge in [0.25, 0.3) is 0 Å². The second-order valence-electron chi connectivity index (χ2n) is 6.30. The predicted molar refractivity (Wildman–Crippen MR) is 71.3 cm³/mol. The summed E-state index contributed by atoms with van der Waals surface area (Å²) < 4.78 is 5.38. The second kappa shape index (κ2) is 5.42. The molecule has 0 aromatic carbocycles. The van der Waals surface area contributed by atoms with Crippen molar-refractivity contribution in [3.63, 3.8) is 0 Å². The molecular weight excluding hydrogens is 260 g/mol. The summed E-state index contributed by atoms with van der Waals surface area (Å²) in [6.07, 6.45) is 2.47. The van der Waals surface area contributed by atoms with Crippen molar-refractivity contribution in [3.05, 3.63) is 0 Å². The normalized spacial score (nSPS) is 24.2. The molecule has 1 atom stereocenters. The minimum absolute atomic E-state index is 0.0795. The van der Waals surface area contributed by atoms with Crippen LogP contribution in [0.5, 0.6) is 0 Å². The first-order valence-electron chi connectivity index (χ1n) is 7.15. The molecule has 0 bridgehead atoms. The molecule has 20 heavy (non-hydrogen) atoms. The third-order valence-corrected chi connectivity index (χ3v) is 3.41. The molecule has 2 aliphatic rings. The molecule has 2 fully saturated rings. The Balaban J connectivity index is 2.21. The zero-order chi connectivity index (χ0) is 14.9. The van der Waals surface area contributed by atoms with E-state index >= 15 is 0 Å². The van der Waals surface area contributed by atoms with Crippen molar-refractivity contribution < 1.29 is 19.1 Å². The van der Waals surface area contributed by atoms with Crippen molar-refractivity contribution in [2.45, 2.75) is 64.5 Å². The molecule has 112 valence electrons. The molecule has 6 heteroatoms. The second-order valence-corrected chi connectivity index (χ2v) is 6.30. The first kappa shape index (κ1) is 14.8. The van der Waals surface area contributed by atoms with E-state index in [1.807, 2.05) is 0 Å². The number of fused-ring (bicyclic) bond motifs is 1. The highest BCUT2D eigenvalue weighted by molar-refractivity contribution is 5.89. The van der Waals surface area contributed by atoms with E-state index < -0.39 is 17.6 Å². The summed E-state index contributed by atoms with van der Waals surface area (Å²) in [4.78, 5) is 36.5. The monoisotopic (exact) mass is 282 g/mol. The topological polar surface area (TPSA) is 66.9 Å². The Hall–Kier alpha value is -1.59. The van der Waals surface area contributed by atoms with E-state index in [0.29, 0.717) is 38.6 Å². The molecule has 0 saturated carbocycles. The Labute approximate surface area is 119 Å². The Morgan fingerprint density at radius 1 is 1.15 bits per heavy atom. The number of carbonyl (C=O) groups excluding carboxylic acids is 3. The number of carbonyl (C=O) groups is 3. The molecule has 2 saturated heterocycles. The molecule has 0 aromatic heterocycles. The van der Waals surface area contributed by atoms with Gasteiger partial charge in [0.15, 0.2) is 6.04 Å². The Kier molecular flexibility index (Phi) is 4.01. The van der Waals surface area contributed by atoms with Crippen molar-refractivity contribution in [1.29, 1.82) is 0 Å². The maximum atomic E-state index is 12.3. The van der Waals surface area contributed by atoms with Crippen LogP contribution in [0.15, 0.2) is 0 Å². The molecule has 0 unspecified atom stereocenters. The Morgan fingerprint density at radius 3 is 2.45 bits per heavy atom. The summed E-state index contributed by atoms with van der Waals surface area (Å²) in [7, 11) is 0. The van der Waals surface area contributed by atoms with Gasteiger partial charge < -0.3 is 4.74 Å². The van der Waals surface area contributed by atoms with Gasteiger partial charge in [0.1, 0.15) is 5.60 Å². The van der Waals surface area contributed by atoms with E-state index in [4.69, 9.17) is 4.74 Å². The van der Waals surface area contributed by atoms with Crippen LogP contribution in [-0.4, -0.2) is 46.0 Å². The standard InChI is InChI=1S/C14H22N2O4/c1-14(2,3)20-13(19)10-6-5-9-15-11(17)7-4-8-12(18)16(10)15/h10H,4-9H2,1-3H3/t10-/m0/s1. The SMILES string of the molecule is CC(C)(C)OC(=O)[C@@H]1CCCN2C(=O)CCCC(=O)N12. The van der Waals surface area contributed by atoms with Gasteiger partial charge in [-0.2, -0.15) is 0 Å². The van der Waals surface area contributed by atoms with E-state index in [1.54, 1.807) is 20.8 Å². The van der Waals surface area contributed by atoms with Gasteiger partial charge in [-0.25, -0.2) is 9.80 Å². The van der Waals surface area contributed by atoms with Gasteiger partial charge in [0, 0.05) is 19.4 Å². The lowest BCUT2D eigenvalue weighted by Gasteiger charge is -2.42. The lowest BCUT2D eigenvalue weighted by molar-refractivity contribution is -0.187. The summed E-state index contributed by atoms with van der Waals surface area (Å²) >= 11 is 0. The van der Waals surface area contributed by atoms with Crippen molar-refractivity contribution in [1.82, 2.24) is 10.0 Å². The van der Waals surface area contributed by atoms with Crippen LogP contribution in [-0.2, 0) is 19.1 Å². The fraction of sp³-hybridized carbons (Fsp3) is 0.786. The van der Waals surface area contributed by atoms with Crippen LogP contribution in [0, 0.1) is 0 Å². The van der Waals surface area contributed by atoms with E-state index in [9.17, 15) is 14.4 Å². The van der Waals surface area contributed by atoms with Crippen LogP contribution in [0.3, 0.4) is 0 Å². The molecular formula is C14H22N2O4. The Morgan fingerprint density at radius 2 is 1.80 bits per heavy atom. The zero-order valence-corrected chi connectivity index (χ0v) is 12.3. The lowest BCUT2D eigenvalue weighted by Crippen LogP contribution is -2.59. The van der Waals surface area contributed by atoms with Gasteiger partial charge in [-0.15, -0.1) is 0 Å². The summed E-state index contributed by atoms with van der Waals surface area (Å²) in [5, 5.41) is 2.78. The third-order valence-electron chi connectivity index (χ3n) is 3.41.